The van der Waals surface area contributed by atoms with Crippen molar-refractivity contribution in [2.75, 3.05) is 26.2 Å². The second-order valence-corrected chi connectivity index (χ2v) is 6.91. The second-order valence-electron chi connectivity index (χ2n) is 6.91. The Bertz CT molecular complexity index is 614. The van der Waals surface area contributed by atoms with Gasteiger partial charge in [0.25, 0.3) is 5.91 Å². The van der Waals surface area contributed by atoms with Crippen molar-refractivity contribution in [2.45, 2.75) is 38.4 Å². The number of hydrogen-bond acceptors (Lipinski definition) is 4. The molecule has 1 aliphatic carbocycles. The Hall–Kier alpha value is -1.50. The fourth-order valence-electron chi connectivity index (χ4n) is 3.92. The van der Waals surface area contributed by atoms with Crippen molar-refractivity contribution in [1.29, 1.82) is 0 Å². The van der Waals surface area contributed by atoms with Crippen LogP contribution < -0.4 is 5.73 Å². The van der Waals surface area contributed by atoms with Crippen LogP contribution in [0.2, 0.25) is 0 Å². The molecule has 132 valence electrons. The SMILES string of the molecule is Cc1ccc(C(=O)N2CCC3(CC2)[C@H](O)C[C@@H]3OCCN)c(F)c1. The number of benzene rings is 1. The van der Waals surface area contributed by atoms with Gasteiger partial charge in [0.15, 0.2) is 0 Å². The van der Waals surface area contributed by atoms with Crippen LogP contribution in [0.3, 0.4) is 0 Å². The quantitative estimate of drug-likeness (QED) is 0.873. The number of carbonyl (C=O) groups is 1. The standard InChI is InChI=1S/C18H25FN2O3/c1-12-2-3-13(14(19)10-12)17(23)21-7-4-18(5-8-21)15(22)11-16(18)24-9-6-20/h2-3,10,15-16,22H,4-9,11,20H2,1H3/t15-,16+/m1/s1. The monoisotopic (exact) mass is 336 g/mol. The van der Waals surface area contributed by atoms with Gasteiger partial charge in [0.05, 0.1) is 24.4 Å². The van der Waals surface area contributed by atoms with E-state index >= 15 is 0 Å². The number of nitrogens with zero attached hydrogens (tertiary/aromatic N) is 1. The first kappa shape index (κ1) is 17.3. The Labute approximate surface area is 141 Å². The Morgan fingerprint density at radius 2 is 2.17 bits per heavy atom. The summed E-state index contributed by atoms with van der Waals surface area (Å²) in [7, 11) is 0. The zero-order chi connectivity index (χ0) is 17.3. The van der Waals surface area contributed by atoms with E-state index in [2.05, 4.69) is 0 Å². The number of aliphatic hydroxyl groups excluding tert-OH is 1. The van der Waals surface area contributed by atoms with E-state index in [1.807, 2.05) is 0 Å². The van der Waals surface area contributed by atoms with Crippen molar-refractivity contribution in [3.63, 3.8) is 0 Å². The topological polar surface area (TPSA) is 75.8 Å². The maximum atomic E-state index is 14.0. The van der Waals surface area contributed by atoms with E-state index < -0.39 is 11.9 Å². The lowest BCUT2D eigenvalue weighted by molar-refractivity contribution is -0.208. The lowest BCUT2D eigenvalue weighted by atomic mass is 9.58. The second kappa shape index (κ2) is 6.78. The molecular formula is C18H25FN2O3. The van der Waals surface area contributed by atoms with Crippen LogP contribution in [0.5, 0.6) is 0 Å². The molecule has 0 aromatic heterocycles. The fourth-order valence-corrected chi connectivity index (χ4v) is 3.92. The first-order valence-electron chi connectivity index (χ1n) is 8.53. The van der Waals surface area contributed by atoms with Crippen LogP contribution in [0.15, 0.2) is 18.2 Å². The van der Waals surface area contributed by atoms with Crippen molar-refractivity contribution < 1.29 is 19.0 Å². The molecule has 2 aliphatic rings. The van der Waals surface area contributed by atoms with Gasteiger partial charge in [-0.2, -0.15) is 0 Å². The Morgan fingerprint density at radius 1 is 1.46 bits per heavy atom. The molecule has 1 aromatic carbocycles. The number of hydrogen-bond donors (Lipinski definition) is 2. The number of likely N-dealkylation sites (tertiary alicyclic amines) is 1. The summed E-state index contributed by atoms with van der Waals surface area (Å²) in [6.07, 6.45) is 1.57. The minimum absolute atomic E-state index is 0.00409. The summed E-state index contributed by atoms with van der Waals surface area (Å²) in [5.74, 6) is -0.760. The molecule has 6 heteroatoms. The molecule has 3 N–H and O–H groups in total. The third-order valence-corrected chi connectivity index (χ3v) is 5.52. The molecule has 1 amide bonds. The predicted octanol–water partition coefficient (Wildman–Crippen LogP) is 1.47. The molecule has 0 bridgehead atoms. The third-order valence-electron chi connectivity index (χ3n) is 5.52. The molecular weight excluding hydrogens is 311 g/mol. The lowest BCUT2D eigenvalue weighted by Gasteiger charge is -2.56. The molecule has 1 spiro atoms. The van der Waals surface area contributed by atoms with Gasteiger partial charge >= 0.3 is 0 Å². The fraction of sp³-hybridized carbons (Fsp3) is 0.611. The molecule has 2 atom stereocenters. The van der Waals surface area contributed by atoms with Crippen molar-refractivity contribution in [1.82, 2.24) is 4.90 Å². The molecule has 1 aromatic rings. The smallest absolute Gasteiger partial charge is 0.256 e. The average molecular weight is 336 g/mol. The van der Waals surface area contributed by atoms with Gasteiger partial charge in [0.2, 0.25) is 0 Å². The number of nitrogens with two attached hydrogens (primary N) is 1. The summed E-state index contributed by atoms with van der Waals surface area (Å²) in [4.78, 5) is 14.2. The molecule has 1 saturated heterocycles. The van der Waals surface area contributed by atoms with Crippen molar-refractivity contribution in [3.8, 4) is 0 Å². The Balaban J connectivity index is 1.65. The van der Waals surface area contributed by atoms with Crippen LogP contribution in [0.1, 0.15) is 35.2 Å². The number of rotatable bonds is 4. The summed E-state index contributed by atoms with van der Waals surface area (Å²) >= 11 is 0. The van der Waals surface area contributed by atoms with E-state index in [4.69, 9.17) is 10.5 Å². The highest BCUT2D eigenvalue weighted by molar-refractivity contribution is 5.94. The number of carbonyl (C=O) groups excluding carboxylic acids is 1. The minimum atomic E-state index is -0.479. The molecule has 1 aliphatic heterocycles. The highest BCUT2D eigenvalue weighted by atomic mass is 19.1. The van der Waals surface area contributed by atoms with E-state index in [0.717, 1.165) is 5.56 Å². The summed E-state index contributed by atoms with van der Waals surface area (Å²) < 4.78 is 19.8. The molecule has 0 unspecified atom stereocenters. The molecule has 2 fully saturated rings. The normalized spacial score (nSPS) is 25.6. The van der Waals surface area contributed by atoms with Crippen LogP contribution >= 0.6 is 0 Å². The first-order chi connectivity index (χ1) is 11.5. The number of amides is 1. The third kappa shape index (κ3) is 2.94. The number of ether oxygens (including phenoxy) is 1. The Kier molecular flexibility index (Phi) is 4.90. The van der Waals surface area contributed by atoms with Crippen LogP contribution in [-0.4, -0.2) is 54.4 Å². The summed E-state index contributed by atoms with van der Waals surface area (Å²) in [6.45, 7) is 3.75. The predicted molar refractivity (Wildman–Crippen MR) is 88.1 cm³/mol. The molecule has 3 rings (SSSR count). The van der Waals surface area contributed by atoms with Crippen LogP contribution in [-0.2, 0) is 4.74 Å². The number of aryl methyl sites for hydroxylation is 1. The van der Waals surface area contributed by atoms with E-state index in [9.17, 15) is 14.3 Å². The molecule has 0 radical (unpaired) electrons. The summed E-state index contributed by atoms with van der Waals surface area (Å²) in [5.41, 5.74) is 6.11. The number of halogens is 1. The van der Waals surface area contributed by atoms with Gasteiger partial charge in [-0.05, 0) is 37.5 Å². The van der Waals surface area contributed by atoms with Gasteiger partial charge in [0.1, 0.15) is 5.82 Å². The van der Waals surface area contributed by atoms with Crippen molar-refractivity contribution in [3.05, 3.63) is 35.1 Å². The molecule has 24 heavy (non-hydrogen) atoms. The van der Waals surface area contributed by atoms with E-state index in [1.165, 1.54) is 6.07 Å². The first-order valence-corrected chi connectivity index (χ1v) is 8.53. The van der Waals surface area contributed by atoms with Gasteiger partial charge in [-0.1, -0.05) is 6.07 Å². The lowest BCUT2D eigenvalue weighted by Crippen LogP contribution is -2.63. The zero-order valence-electron chi connectivity index (χ0n) is 14.0. The van der Waals surface area contributed by atoms with Gasteiger partial charge in [0, 0.05) is 31.5 Å². The maximum absolute atomic E-state index is 14.0. The van der Waals surface area contributed by atoms with Crippen LogP contribution in [0.4, 0.5) is 4.39 Å². The van der Waals surface area contributed by atoms with Crippen molar-refractivity contribution in [2.24, 2.45) is 11.1 Å². The Morgan fingerprint density at radius 3 is 2.75 bits per heavy atom. The summed E-state index contributed by atoms with van der Waals surface area (Å²) in [6, 6.07) is 4.67. The largest absolute Gasteiger partial charge is 0.392 e. The number of piperidine rings is 1. The minimum Gasteiger partial charge on any atom is -0.392 e. The molecule has 5 nitrogen and oxygen atoms in total. The zero-order valence-corrected chi connectivity index (χ0v) is 14.0. The highest BCUT2D eigenvalue weighted by Crippen LogP contribution is 2.51. The van der Waals surface area contributed by atoms with E-state index in [1.54, 1.807) is 24.0 Å². The molecule has 1 heterocycles. The maximum Gasteiger partial charge on any atom is 0.256 e. The molecule has 1 saturated carbocycles. The number of aliphatic hydroxyl groups is 1. The van der Waals surface area contributed by atoms with Gasteiger partial charge < -0.3 is 20.5 Å². The van der Waals surface area contributed by atoms with E-state index in [-0.39, 0.29) is 23.0 Å². The van der Waals surface area contributed by atoms with Gasteiger partial charge in [-0.15, -0.1) is 0 Å². The van der Waals surface area contributed by atoms with Gasteiger partial charge in [-0.3, -0.25) is 4.79 Å². The van der Waals surface area contributed by atoms with E-state index in [0.29, 0.717) is 45.5 Å². The van der Waals surface area contributed by atoms with Crippen molar-refractivity contribution >= 4 is 5.91 Å². The summed E-state index contributed by atoms with van der Waals surface area (Å²) in [5, 5.41) is 10.2. The van der Waals surface area contributed by atoms with Crippen LogP contribution in [0, 0.1) is 18.2 Å². The van der Waals surface area contributed by atoms with Gasteiger partial charge in [-0.25, -0.2) is 4.39 Å². The highest BCUT2D eigenvalue weighted by Gasteiger charge is 2.56. The average Bonchev–Trinajstić information content (AvgIpc) is 2.58. The van der Waals surface area contributed by atoms with Crippen LogP contribution in [0.25, 0.3) is 0 Å².